The molecule has 0 aliphatic rings. The molecular weight excluding hydrogens is 404 g/mol. The van der Waals surface area contributed by atoms with Gasteiger partial charge in [0.1, 0.15) is 5.58 Å². The number of rotatable bonds is 6. The van der Waals surface area contributed by atoms with Crippen LogP contribution >= 0.6 is 0 Å². The molecule has 7 nitrogen and oxygen atoms in total. The molecule has 0 aliphatic carbocycles. The summed E-state index contributed by atoms with van der Waals surface area (Å²) in [5.74, 6) is 0. The van der Waals surface area contributed by atoms with Crippen molar-refractivity contribution < 1.29 is 4.42 Å². The average molecular weight is 431 g/mol. The smallest absolute Gasteiger partial charge is 0.345 e. The number of aliphatic imine (C=N–C) groups is 1. The standard InChI is InChI=1S/C25H26N4O3/c1-5-28(6-2)21-13-12-18-14-19(25(31)32-22(18)15-21)16-26-23-17(3)27(4)29(24(23)30)20-10-8-7-9-11-20/h7-16H,5-6H2,1-4H3. The Kier molecular flexibility index (Phi) is 5.81. The molecule has 0 radical (unpaired) electrons. The first-order chi connectivity index (χ1) is 15.4. The van der Waals surface area contributed by atoms with Crippen molar-refractivity contribution in [3.8, 4) is 5.69 Å². The predicted molar refractivity (Wildman–Crippen MR) is 129 cm³/mol. The molecule has 0 unspecified atom stereocenters. The zero-order valence-electron chi connectivity index (χ0n) is 18.7. The highest BCUT2D eigenvalue weighted by Gasteiger charge is 2.15. The van der Waals surface area contributed by atoms with Crippen LogP contribution in [0.15, 0.2) is 73.6 Å². The third-order valence-electron chi connectivity index (χ3n) is 5.73. The van der Waals surface area contributed by atoms with E-state index in [0.29, 0.717) is 16.8 Å². The van der Waals surface area contributed by atoms with Gasteiger partial charge in [-0.2, -0.15) is 0 Å². The van der Waals surface area contributed by atoms with Crippen molar-refractivity contribution in [1.82, 2.24) is 9.36 Å². The van der Waals surface area contributed by atoms with Crippen LogP contribution in [0.1, 0.15) is 25.1 Å². The lowest BCUT2D eigenvalue weighted by Gasteiger charge is -2.20. The number of anilines is 1. The third-order valence-corrected chi connectivity index (χ3v) is 5.73. The normalized spacial score (nSPS) is 11.5. The Labute approximate surface area is 185 Å². The first-order valence-corrected chi connectivity index (χ1v) is 10.7. The van der Waals surface area contributed by atoms with Crippen LogP contribution in [0.25, 0.3) is 16.7 Å². The van der Waals surface area contributed by atoms with Gasteiger partial charge in [0.05, 0.1) is 16.9 Å². The van der Waals surface area contributed by atoms with Crippen LogP contribution in [0.2, 0.25) is 0 Å². The monoisotopic (exact) mass is 430 g/mol. The molecule has 0 bridgehead atoms. The molecule has 0 aliphatic heterocycles. The van der Waals surface area contributed by atoms with E-state index in [1.165, 1.54) is 6.21 Å². The van der Waals surface area contributed by atoms with Gasteiger partial charge in [0.2, 0.25) is 0 Å². The Bertz CT molecular complexity index is 1410. The second kappa shape index (κ2) is 8.70. The summed E-state index contributed by atoms with van der Waals surface area (Å²) in [6.45, 7) is 7.73. The SMILES string of the molecule is CCN(CC)c1ccc2cc(C=Nc3c(C)n(C)n(-c4ccccc4)c3=O)c(=O)oc2c1. The fraction of sp³-hybridized carbons (Fsp3) is 0.240. The van der Waals surface area contributed by atoms with E-state index >= 15 is 0 Å². The maximum atomic E-state index is 13.0. The van der Waals surface area contributed by atoms with Crippen LogP contribution in [0, 0.1) is 6.92 Å². The van der Waals surface area contributed by atoms with Gasteiger partial charge in [-0.15, -0.1) is 0 Å². The summed E-state index contributed by atoms with van der Waals surface area (Å²) in [6, 6.07) is 16.9. The van der Waals surface area contributed by atoms with Gasteiger partial charge in [0.15, 0.2) is 5.69 Å². The Morgan fingerprint density at radius 1 is 1.03 bits per heavy atom. The molecule has 0 atom stereocenters. The zero-order chi connectivity index (χ0) is 22.8. The highest BCUT2D eigenvalue weighted by Crippen LogP contribution is 2.22. The topological polar surface area (TPSA) is 72.7 Å². The second-order valence-corrected chi connectivity index (χ2v) is 7.55. The zero-order valence-corrected chi connectivity index (χ0v) is 18.7. The van der Waals surface area contributed by atoms with E-state index in [0.717, 1.165) is 29.9 Å². The van der Waals surface area contributed by atoms with Crippen molar-refractivity contribution in [1.29, 1.82) is 0 Å². The van der Waals surface area contributed by atoms with Gasteiger partial charge in [-0.1, -0.05) is 18.2 Å². The summed E-state index contributed by atoms with van der Waals surface area (Å²) in [7, 11) is 1.81. The molecule has 0 fully saturated rings. The third kappa shape index (κ3) is 3.77. The van der Waals surface area contributed by atoms with Gasteiger partial charge in [0.25, 0.3) is 5.56 Å². The maximum Gasteiger partial charge on any atom is 0.345 e. The first kappa shape index (κ1) is 21.4. The molecule has 0 N–H and O–H groups in total. The number of aromatic nitrogens is 2. The fourth-order valence-corrected chi connectivity index (χ4v) is 3.83. The van der Waals surface area contributed by atoms with Gasteiger partial charge in [0, 0.05) is 43.5 Å². The maximum absolute atomic E-state index is 13.0. The Hall–Kier alpha value is -3.87. The summed E-state index contributed by atoms with van der Waals surface area (Å²) >= 11 is 0. The van der Waals surface area contributed by atoms with E-state index in [-0.39, 0.29) is 11.2 Å². The van der Waals surface area contributed by atoms with Crippen molar-refractivity contribution in [3.05, 3.63) is 86.6 Å². The molecule has 0 saturated heterocycles. The van der Waals surface area contributed by atoms with Crippen LogP contribution in [-0.2, 0) is 7.05 Å². The highest BCUT2D eigenvalue weighted by atomic mass is 16.4. The average Bonchev–Trinajstić information content (AvgIpc) is 3.01. The van der Waals surface area contributed by atoms with Crippen molar-refractivity contribution in [2.75, 3.05) is 18.0 Å². The molecular formula is C25H26N4O3. The lowest BCUT2D eigenvalue weighted by molar-refractivity contribution is 0.559. The second-order valence-electron chi connectivity index (χ2n) is 7.55. The summed E-state index contributed by atoms with van der Waals surface area (Å²) in [6.07, 6.45) is 1.41. The summed E-state index contributed by atoms with van der Waals surface area (Å²) in [4.78, 5) is 32.1. The molecule has 4 aromatic rings. The van der Waals surface area contributed by atoms with E-state index in [9.17, 15) is 9.59 Å². The highest BCUT2D eigenvalue weighted by molar-refractivity contribution is 5.89. The van der Waals surface area contributed by atoms with Crippen LogP contribution in [0.5, 0.6) is 0 Å². The van der Waals surface area contributed by atoms with E-state index < -0.39 is 5.63 Å². The number of nitrogens with zero attached hydrogens (tertiary/aromatic N) is 4. The number of fused-ring (bicyclic) bond motifs is 1. The number of benzene rings is 2. The van der Waals surface area contributed by atoms with Crippen molar-refractivity contribution in [3.63, 3.8) is 0 Å². The van der Waals surface area contributed by atoms with E-state index in [2.05, 4.69) is 23.7 Å². The Balaban J connectivity index is 1.73. The molecule has 164 valence electrons. The quantitative estimate of drug-likeness (QED) is 0.340. The minimum absolute atomic E-state index is 0.249. The lowest BCUT2D eigenvalue weighted by Crippen LogP contribution is -2.21. The molecule has 7 heteroatoms. The largest absolute Gasteiger partial charge is 0.422 e. The Morgan fingerprint density at radius 2 is 1.75 bits per heavy atom. The predicted octanol–water partition coefficient (Wildman–Crippen LogP) is 4.19. The molecule has 0 saturated carbocycles. The van der Waals surface area contributed by atoms with E-state index in [4.69, 9.17) is 4.42 Å². The van der Waals surface area contributed by atoms with Gasteiger partial charge in [-0.3, -0.25) is 9.48 Å². The summed E-state index contributed by atoms with van der Waals surface area (Å²) in [5, 5.41) is 0.799. The van der Waals surface area contributed by atoms with Gasteiger partial charge in [-0.05, 0) is 51.1 Å². The number of hydrogen-bond donors (Lipinski definition) is 0. The molecule has 2 aromatic carbocycles. The van der Waals surface area contributed by atoms with Gasteiger partial charge >= 0.3 is 5.63 Å². The van der Waals surface area contributed by atoms with Crippen molar-refractivity contribution in [2.45, 2.75) is 20.8 Å². The minimum atomic E-state index is -0.491. The summed E-state index contributed by atoms with van der Waals surface area (Å²) in [5.41, 5.74) is 2.82. The fourth-order valence-electron chi connectivity index (χ4n) is 3.83. The molecule has 0 amide bonds. The van der Waals surface area contributed by atoms with Gasteiger partial charge in [-0.25, -0.2) is 14.5 Å². The minimum Gasteiger partial charge on any atom is -0.422 e. The molecule has 2 aromatic heterocycles. The summed E-state index contributed by atoms with van der Waals surface area (Å²) < 4.78 is 8.86. The van der Waals surface area contributed by atoms with Crippen molar-refractivity contribution >= 4 is 28.6 Å². The molecule has 32 heavy (non-hydrogen) atoms. The molecule has 2 heterocycles. The number of para-hydroxylation sites is 1. The van der Waals surface area contributed by atoms with Crippen LogP contribution in [0.3, 0.4) is 0 Å². The van der Waals surface area contributed by atoms with E-state index in [1.54, 1.807) is 22.5 Å². The Morgan fingerprint density at radius 3 is 2.44 bits per heavy atom. The van der Waals surface area contributed by atoms with Crippen LogP contribution in [-0.4, -0.2) is 28.7 Å². The first-order valence-electron chi connectivity index (χ1n) is 10.7. The molecule has 4 rings (SSSR count). The van der Waals surface area contributed by atoms with Gasteiger partial charge < -0.3 is 9.32 Å². The van der Waals surface area contributed by atoms with Crippen molar-refractivity contribution in [2.24, 2.45) is 12.0 Å². The van der Waals surface area contributed by atoms with E-state index in [1.807, 2.05) is 55.5 Å². The van der Waals surface area contributed by atoms with Crippen LogP contribution < -0.4 is 16.1 Å². The number of hydrogen-bond acceptors (Lipinski definition) is 5. The molecule has 0 spiro atoms. The lowest BCUT2D eigenvalue weighted by atomic mass is 10.1. The van der Waals surface area contributed by atoms with Crippen LogP contribution in [0.4, 0.5) is 11.4 Å².